The quantitative estimate of drug-likeness (QED) is 0.182. The van der Waals surface area contributed by atoms with Gasteiger partial charge in [-0.15, -0.1) is 11.3 Å². The van der Waals surface area contributed by atoms with Gasteiger partial charge in [0.2, 0.25) is 9.84 Å². The van der Waals surface area contributed by atoms with E-state index in [1.807, 2.05) is 18.2 Å². The minimum atomic E-state index is -3.40. The Balaban J connectivity index is 0.000000153. The number of hydrogen-bond donors (Lipinski definition) is 0. The number of fused-ring (bicyclic) bond motifs is 6. The summed E-state index contributed by atoms with van der Waals surface area (Å²) in [5.74, 6) is 0. The fourth-order valence-corrected chi connectivity index (χ4v) is 7.00. The van der Waals surface area contributed by atoms with Gasteiger partial charge in [-0.2, -0.15) is 0 Å². The third-order valence-corrected chi connectivity index (χ3v) is 8.92. The maximum absolute atomic E-state index is 12.2. The Hall–Kier alpha value is -2.06. The van der Waals surface area contributed by atoms with Crippen LogP contribution in [0, 0.1) is 0 Å². The third-order valence-electron chi connectivity index (χ3n) is 4.91. The second-order valence-corrected chi connectivity index (χ2v) is 11.5. The van der Waals surface area contributed by atoms with Gasteiger partial charge in [0.15, 0.2) is 0 Å². The lowest BCUT2D eigenvalue weighted by Crippen LogP contribution is -1.95. The zero-order valence-electron chi connectivity index (χ0n) is 17.7. The van der Waals surface area contributed by atoms with Gasteiger partial charge in [-0.25, -0.2) is 8.42 Å². The van der Waals surface area contributed by atoms with E-state index in [1.165, 1.54) is 32.3 Å². The number of hydrogen-bond acceptors (Lipinski definition) is 3. The average Bonchev–Trinajstić information content (AvgIpc) is 3.20. The van der Waals surface area contributed by atoms with Crippen LogP contribution in [-0.4, -0.2) is 8.42 Å². The van der Waals surface area contributed by atoms with E-state index in [0.717, 1.165) is 8.95 Å². The van der Waals surface area contributed by atoms with E-state index < -0.39 is 9.84 Å². The first kappa shape index (κ1) is 19.6. The highest BCUT2D eigenvalue weighted by atomic mass is 79.9. The lowest BCUT2D eigenvalue weighted by atomic mass is 10.1. The topological polar surface area (TPSA) is 34.1 Å². The molecule has 1 aliphatic heterocycles. The molecule has 0 aliphatic carbocycles. The summed E-state index contributed by atoms with van der Waals surface area (Å²) >= 11 is 8.59. The van der Waals surface area contributed by atoms with Crippen LogP contribution in [0.4, 0.5) is 4.70 Å². The molecule has 156 valence electrons. The summed E-state index contributed by atoms with van der Waals surface area (Å²) in [6, 6.07) is 22.6. The van der Waals surface area contributed by atoms with Gasteiger partial charge in [-0.1, -0.05) is 68.2 Å². The van der Waals surface area contributed by atoms with Gasteiger partial charge in [0, 0.05) is 40.2 Å². The third kappa shape index (κ3) is 3.84. The molecule has 0 amide bonds. The lowest BCUT2D eigenvalue weighted by molar-refractivity contribution is 0.598. The predicted octanol–water partition coefficient (Wildman–Crippen LogP) is 8.23. The molecule has 2 heterocycles. The number of sulfone groups is 1. The van der Waals surface area contributed by atoms with Crippen molar-refractivity contribution in [3.05, 3.63) is 93.8 Å². The van der Waals surface area contributed by atoms with Crippen LogP contribution in [0.15, 0.2) is 104 Å². The Morgan fingerprint density at radius 1 is 0.710 bits per heavy atom. The van der Waals surface area contributed by atoms with E-state index in [-0.39, 0.29) is 4.70 Å². The van der Waals surface area contributed by atoms with Crippen LogP contribution in [0.1, 0.15) is 2.74 Å². The van der Waals surface area contributed by atoms with E-state index in [2.05, 4.69) is 50.1 Å². The molecule has 0 N–H and O–H groups in total. The molecule has 4 aromatic carbocycles. The molecule has 0 bridgehead atoms. The maximum atomic E-state index is 12.2. The lowest BCUT2D eigenvalue weighted by Gasteiger charge is -1.98. The number of halogens is 3. The van der Waals surface area contributed by atoms with Crippen molar-refractivity contribution in [1.29, 1.82) is 0 Å². The zero-order valence-corrected chi connectivity index (χ0v) is 20.5. The molecule has 0 saturated heterocycles. The molecule has 31 heavy (non-hydrogen) atoms. The second kappa shape index (κ2) is 8.47. The summed E-state index contributed by atoms with van der Waals surface area (Å²) in [6.45, 7) is 0. The van der Waals surface area contributed by atoms with E-state index in [1.54, 1.807) is 35.6 Å². The first-order valence-electron chi connectivity index (χ1n) is 9.98. The first-order valence-corrected chi connectivity index (χ1v) is 12.9. The summed E-state index contributed by atoms with van der Waals surface area (Å²) in [5, 5.41) is 2.42. The van der Waals surface area contributed by atoms with Crippen LogP contribution < -0.4 is 0 Å². The highest BCUT2D eigenvalue weighted by molar-refractivity contribution is 9.10. The summed E-state index contributed by atoms with van der Waals surface area (Å²) in [4.78, 5) is 0.614. The van der Waals surface area contributed by atoms with Gasteiger partial charge in [0.05, 0.1) is 12.5 Å². The van der Waals surface area contributed by atoms with Crippen molar-refractivity contribution in [1.82, 2.24) is 0 Å². The summed E-state index contributed by atoms with van der Waals surface area (Å²) in [6.07, 6.45) is 0. The molecule has 5 aromatic rings. The van der Waals surface area contributed by atoms with E-state index in [9.17, 15) is 8.42 Å². The van der Waals surface area contributed by atoms with Crippen molar-refractivity contribution >= 4 is 73.2 Å². The molecule has 7 heteroatoms. The zero-order chi connectivity index (χ0) is 22.6. The highest BCUT2D eigenvalue weighted by Crippen LogP contribution is 2.43. The Morgan fingerprint density at radius 2 is 1.35 bits per heavy atom. The Bertz CT molecular complexity index is 1540. The highest BCUT2D eigenvalue weighted by Gasteiger charge is 2.32. The SMILES string of the molecule is F.[2H]c1ccc2c(c1)-c1cc(Br)ccc1S2(=O)=O.[2H]c1ccc2sc3ccc(Br)cc3c2c1. The van der Waals surface area contributed by atoms with Crippen molar-refractivity contribution in [2.24, 2.45) is 0 Å². The molecule has 0 saturated carbocycles. The van der Waals surface area contributed by atoms with E-state index in [4.69, 9.17) is 2.74 Å². The van der Waals surface area contributed by atoms with Crippen molar-refractivity contribution in [2.45, 2.75) is 9.79 Å². The second-order valence-electron chi connectivity index (χ2n) is 6.73. The molecule has 0 spiro atoms. The molecule has 1 aliphatic rings. The summed E-state index contributed by atoms with van der Waals surface area (Å²) in [7, 11) is -3.40. The standard InChI is InChI=1S/C12H7BrO2S.C12H7BrS.FH/c13-8-5-6-12-10(7-8)9-3-1-2-4-11(9)16(12,14)15;13-8-5-6-12-10(7-8)9-3-1-2-4-11(9)14-12;/h1-7H;1-7H;1H/i2*1D;. The molecule has 6 rings (SSSR count). The normalized spacial score (nSPS) is 14.0. The van der Waals surface area contributed by atoms with E-state index in [0.29, 0.717) is 33.0 Å². The molecular weight excluding hydrogens is 563 g/mol. The number of thiophene rings is 1. The van der Waals surface area contributed by atoms with Gasteiger partial charge in [0.25, 0.3) is 0 Å². The van der Waals surface area contributed by atoms with Crippen LogP contribution in [0.2, 0.25) is 0 Å². The Morgan fingerprint density at radius 3 is 2.19 bits per heavy atom. The molecule has 0 radical (unpaired) electrons. The van der Waals surface area contributed by atoms with Gasteiger partial charge < -0.3 is 0 Å². The fourth-order valence-electron chi connectivity index (χ4n) is 3.56. The van der Waals surface area contributed by atoms with Crippen molar-refractivity contribution < 1.29 is 15.9 Å². The van der Waals surface area contributed by atoms with Crippen LogP contribution >= 0.6 is 43.2 Å². The Labute approximate surface area is 202 Å². The van der Waals surface area contributed by atoms with Crippen molar-refractivity contribution in [3.8, 4) is 11.1 Å². The van der Waals surface area contributed by atoms with Gasteiger partial charge >= 0.3 is 0 Å². The molecule has 1 aromatic heterocycles. The molecule has 0 fully saturated rings. The monoisotopic (exact) mass is 578 g/mol. The fraction of sp³-hybridized carbons (Fsp3) is 0. The number of rotatable bonds is 0. The predicted molar refractivity (Wildman–Crippen MR) is 135 cm³/mol. The largest absolute Gasteiger partial charge is 0.269 e. The minimum Gasteiger partial charge on any atom is -0.269 e. The first-order chi connectivity index (χ1) is 15.2. The van der Waals surface area contributed by atoms with Gasteiger partial charge in [0.1, 0.15) is 0 Å². The smallest absolute Gasteiger partial charge is 0.207 e. The molecule has 0 unspecified atom stereocenters. The average molecular weight is 580 g/mol. The van der Waals surface area contributed by atoms with Gasteiger partial charge in [-0.05, 0) is 48.5 Å². The number of benzene rings is 4. The van der Waals surface area contributed by atoms with E-state index >= 15 is 0 Å². The van der Waals surface area contributed by atoms with Crippen molar-refractivity contribution in [2.75, 3.05) is 0 Å². The molecular formula is C24H15Br2FO2S2. The van der Waals surface area contributed by atoms with Crippen LogP contribution in [0.25, 0.3) is 31.3 Å². The van der Waals surface area contributed by atoms with Crippen LogP contribution in [0.3, 0.4) is 0 Å². The Kier molecular flexibility index (Phi) is 5.36. The summed E-state index contributed by atoms with van der Waals surface area (Å²) < 4.78 is 44.1. The van der Waals surface area contributed by atoms with Gasteiger partial charge in [-0.3, -0.25) is 4.70 Å². The van der Waals surface area contributed by atoms with Crippen LogP contribution in [0.5, 0.6) is 0 Å². The van der Waals surface area contributed by atoms with Crippen LogP contribution in [-0.2, 0) is 9.84 Å². The summed E-state index contributed by atoms with van der Waals surface area (Å²) in [5.41, 5.74) is 1.29. The molecule has 0 atom stereocenters. The molecule has 2 nitrogen and oxygen atoms in total. The maximum Gasteiger partial charge on any atom is 0.207 e. The van der Waals surface area contributed by atoms with Crippen molar-refractivity contribution in [3.63, 3.8) is 0 Å². The minimum absolute atomic E-state index is 0.